The summed E-state index contributed by atoms with van der Waals surface area (Å²) in [4.78, 5) is 27.2. The first-order chi connectivity index (χ1) is 12.9. The number of fused-ring (bicyclic) bond motifs is 1. The van der Waals surface area contributed by atoms with Crippen molar-refractivity contribution in [2.45, 2.75) is 19.9 Å². The summed E-state index contributed by atoms with van der Waals surface area (Å²) >= 11 is 0. The van der Waals surface area contributed by atoms with Crippen molar-refractivity contribution < 1.29 is 18.9 Å². The zero-order valence-corrected chi connectivity index (χ0v) is 15.0. The summed E-state index contributed by atoms with van der Waals surface area (Å²) < 4.78 is 10.6. The molecule has 0 unspecified atom stereocenters. The fourth-order valence-corrected chi connectivity index (χ4v) is 2.60. The van der Waals surface area contributed by atoms with Crippen molar-refractivity contribution in [1.29, 1.82) is 0 Å². The van der Waals surface area contributed by atoms with Crippen LogP contribution in [0.5, 0.6) is 5.75 Å². The summed E-state index contributed by atoms with van der Waals surface area (Å²) in [5.41, 5.74) is 2.14. The van der Waals surface area contributed by atoms with Gasteiger partial charge in [-0.05, 0) is 31.2 Å². The van der Waals surface area contributed by atoms with Crippen LogP contribution in [0.4, 0.5) is 17.1 Å². The molecular formula is C18H18N4O5. The summed E-state index contributed by atoms with van der Waals surface area (Å²) in [7, 11) is 1.42. The Morgan fingerprint density at radius 3 is 2.78 bits per heavy atom. The second-order valence-corrected chi connectivity index (χ2v) is 5.91. The Balaban J connectivity index is 1.75. The maximum Gasteiger partial charge on any atom is 0.271 e. The number of carbonyl (C=O) groups excluding carboxylic acids is 1. The zero-order chi connectivity index (χ0) is 19.6. The van der Waals surface area contributed by atoms with Crippen LogP contribution >= 0.6 is 0 Å². The Labute approximate surface area is 154 Å². The van der Waals surface area contributed by atoms with E-state index in [2.05, 4.69) is 15.6 Å². The molecule has 3 rings (SSSR count). The van der Waals surface area contributed by atoms with Gasteiger partial charge in [-0.1, -0.05) is 0 Å². The lowest BCUT2D eigenvalue weighted by atomic mass is 10.2. The van der Waals surface area contributed by atoms with Gasteiger partial charge < -0.3 is 19.8 Å². The number of anilines is 2. The van der Waals surface area contributed by atoms with Gasteiger partial charge in [0.2, 0.25) is 5.91 Å². The summed E-state index contributed by atoms with van der Waals surface area (Å²) in [6, 6.07) is 8.73. The number of aryl methyl sites for hydroxylation is 1. The number of rotatable bonds is 6. The molecule has 2 N–H and O–H groups in total. The standard InChI is InChI=1S/C18H18N4O5/c1-10(19-12-4-6-17-14(8-12)20-11(2)27-17)18(23)21-15-9-13(22(24)25)5-7-16(15)26-3/h4-10,19H,1-3H3,(H,21,23)/t10-/m0/s1. The monoisotopic (exact) mass is 370 g/mol. The van der Waals surface area contributed by atoms with Crippen molar-refractivity contribution in [1.82, 2.24) is 4.98 Å². The second kappa shape index (κ2) is 7.32. The molecule has 0 aliphatic carbocycles. The molecule has 0 radical (unpaired) electrons. The Hall–Kier alpha value is -3.62. The minimum atomic E-state index is -0.612. The molecule has 3 aromatic rings. The van der Waals surface area contributed by atoms with Gasteiger partial charge in [0.25, 0.3) is 5.69 Å². The molecule has 9 heteroatoms. The lowest BCUT2D eigenvalue weighted by molar-refractivity contribution is -0.384. The third-order valence-corrected chi connectivity index (χ3v) is 3.92. The molecule has 2 aromatic carbocycles. The molecule has 0 bridgehead atoms. The van der Waals surface area contributed by atoms with Gasteiger partial charge in [-0.3, -0.25) is 14.9 Å². The normalized spacial score (nSPS) is 11.8. The van der Waals surface area contributed by atoms with Gasteiger partial charge in [0.15, 0.2) is 11.5 Å². The molecular weight excluding hydrogens is 352 g/mol. The number of benzene rings is 2. The van der Waals surface area contributed by atoms with Gasteiger partial charge in [0.1, 0.15) is 17.3 Å². The van der Waals surface area contributed by atoms with Crippen molar-refractivity contribution in [2.24, 2.45) is 0 Å². The zero-order valence-electron chi connectivity index (χ0n) is 15.0. The number of hydrogen-bond donors (Lipinski definition) is 2. The number of oxazole rings is 1. The number of nitro benzene ring substituents is 1. The number of ether oxygens (including phenoxy) is 1. The molecule has 0 aliphatic rings. The average Bonchev–Trinajstić information content (AvgIpc) is 3.00. The van der Waals surface area contributed by atoms with Gasteiger partial charge in [-0.15, -0.1) is 0 Å². The maximum absolute atomic E-state index is 12.5. The van der Waals surface area contributed by atoms with Gasteiger partial charge in [-0.25, -0.2) is 4.98 Å². The highest BCUT2D eigenvalue weighted by molar-refractivity contribution is 5.98. The van der Waals surface area contributed by atoms with E-state index >= 15 is 0 Å². The minimum Gasteiger partial charge on any atom is -0.495 e. The number of methoxy groups -OCH3 is 1. The van der Waals surface area contributed by atoms with Crippen LogP contribution in [0.15, 0.2) is 40.8 Å². The molecule has 1 aromatic heterocycles. The first kappa shape index (κ1) is 18.2. The first-order valence-corrected chi connectivity index (χ1v) is 8.14. The van der Waals surface area contributed by atoms with Crippen LogP contribution in [-0.4, -0.2) is 29.0 Å². The number of aromatic nitrogens is 1. The largest absolute Gasteiger partial charge is 0.495 e. The Morgan fingerprint density at radius 1 is 1.30 bits per heavy atom. The molecule has 0 spiro atoms. The van der Waals surface area contributed by atoms with E-state index < -0.39 is 11.0 Å². The topological polar surface area (TPSA) is 120 Å². The van der Waals surface area contributed by atoms with Gasteiger partial charge in [0.05, 0.1) is 17.7 Å². The molecule has 1 atom stereocenters. The van der Waals surface area contributed by atoms with Crippen LogP contribution in [-0.2, 0) is 4.79 Å². The van der Waals surface area contributed by atoms with E-state index in [1.165, 1.54) is 25.3 Å². The van der Waals surface area contributed by atoms with E-state index in [4.69, 9.17) is 9.15 Å². The third-order valence-electron chi connectivity index (χ3n) is 3.92. The van der Waals surface area contributed by atoms with Crippen molar-refractivity contribution >= 4 is 34.1 Å². The average molecular weight is 370 g/mol. The molecule has 1 heterocycles. The predicted molar refractivity (Wildman–Crippen MR) is 100 cm³/mol. The second-order valence-electron chi connectivity index (χ2n) is 5.91. The number of nitrogens with zero attached hydrogens (tertiary/aromatic N) is 2. The van der Waals surface area contributed by atoms with Crippen LogP contribution in [0.3, 0.4) is 0 Å². The summed E-state index contributed by atoms with van der Waals surface area (Å²) in [5.74, 6) is 0.525. The lowest BCUT2D eigenvalue weighted by Gasteiger charge is -2.16. The van der Waals surface area contributed by atoms with Crippen molar-refractivity contribution in [3.8, 4) is 5.75 Å². The highest BCUT2D eigenvalue weighted by atomic mass is 16.6. The van der Waals surface area contributed by atoms with Crippen LogP contribution < -0.4 is 15.4 Å². The third kappa shape index (κ3) is 3.97. The quantitative estimate of drug-likeness (QED) is 0.503. The van der Waals surface area contributed by atoms with Crippen LogP contribution in [0.1, 0.15) is 12.8 Å². The number of nitro groups is 1. The smallest absolute Gasteiger partial charge is 0.271 e. The Kier molecular flexibility index (Phi) is 4.93. The van der Waals surface area contributed by atoms with E-state index in [1.807, 2.05) is 0 Å². The van der Waals surface area contributed by atoms with E-state index in [0.717, 1.165) is 0 Å². The number of non-ortho nitro benzene ring substituents is 1. The van der Waals surface area contributed by atoms with Crippen LogP contribution in [0.25, 0.3) is 11.1 Å². The number of hydrogen-bond acceptors (Lipinski definition) is 7. The lowest BCUT2D eigenvalue weighted by Crippen LogP contribution is -2.32. The molecule has 27 heavy (non-hydrogen) atoms. The molecule has 9 nitrogen and oxygen atoms in total. The van der Waals surface area contributed by atoms with Gasteiger partial charge in [-0.2, -0.15) is 0 Å². The number of carbonyl (C=O) groups is 1. The van der Waals surface area contributed by atoms with E-state index in [0.29, 0.717) is 28.4 Å². The minimum absolute atomic E-state index is 0.140. The summed E-state index contributed by atoms with van der Waals surface area (Å²) in [6.45, 7) is 3.44. The van der Waals surface area contributed by atoms with Crippen LogP contribution in [0.2, 0.25) is 0 Å². The summed E-state index contributed by atoms with van der Waals surface area (Å²) in [5, 5.41) is 16.7. The van der Waals surface area contributed by atoms with Gasteiger partial charge >= 0.3 is 0 Å². The highest BCUT2D eigenvalue weighted by Crippen LogP contribution is 2.29. The summed E-state index contributed by atoms with van der Waals surface area (Å²) in [6.07, 6.45) is 0. The van der Waals surface area contributed by atoms with E-state index in [9.17, 15) is 14.9 Å². The molecule has 140 valence electrons. The molecule has 0 saturated carbocycles. The number of nitrogens with one attached hydrogen (secondary N) is 2. The first-order valence-electron chi connectivity index (χ1n) is 8.14. The van der Waals surface area contributed by atoms with E-state index in [1.54, 1.807) is 32.0 Å². The molecule has 0 fully saturated rings. The van der Waals surface area contributed by atoms with Crippen molar-refractivity contribution in [2.75, 3.05) is 17.7 Å². The fourth-order valence-electron chi connectivity index (χ4n) is 2.60. The SMILES string of the molecule is COc1ccc([N+](=O)[O-])cc1NC(=O)[C@H](C)Nc1ccc2oc(C)nc2c1. The van der Waals surface area contributed by atoms with Gasteiger partial charge in [0, 0.05) is 24.7 Å². The molecule has 0 aliphatic heterocycles. The molecule has 1 amide bonds. The number of amides is 1. The Bertz CT molecular complexity index is 1010. The van der Waals surface area contributed by atoms with Crippen LogP contribution in [0, 0.1) is 17.0 Å². The van der Waals surface area contributed by atoms with E-state index in [-0.39, 0.29) is 17.3 Å². The van der Waals surface area contributed by atoms with Crippen molar-refractivity contribution in [3.05, 3.63) is 52.4 Å². The molecule has 0 saturated heterocycles. The predicted octanol–water partition coefficient (Wildman–Crippen LogP) is 3.49. The maximum atomic E-state index is 12.5. The fraction of sp³-hybridized carbons (Fsp3) is 0.222. The highest BCUT2D eigenvalue weighted by Gasteiger charge is 2.18. The Morgan fingerprint density at radius 2 is 2.07 bits per heavy atom. The van der Waals surface area contributed by atoms with Crippen molar-refractivity contribution in [3.63, 3.8) is 0 Å².